The first-order valence-electron chi connectivity index (χ1n) is 5.69. The lowest BCUT2D eigenvalue weighted by molar-refractivity contribution is -0.158. The van der Waals surface area contributed by atoms with Crippen molar-refractivity contribution in [2.45, 2.75) is 38.8 Å². The fourth-order valence-corrected chi connectivity index (χ4v) is 2.40. The molecule has 1 radical (unpaired) electrons. The lowest BCUT2D eigenvalue weighted by Gasteiger charge is -2.35. The number of hydroxylamine groups is 2. The highest BCUT2D eigenvalue weighted by molar-refractivity contribution is 9.13. The molecule has 3 nitrogen and oxygen atoms in total. The average Bonchev–Trinajstić information content (AvgIpc) is 2.43. The summed E-state index contributed by atoms with van der Waals surface area (Å²) in [5.41, 5.74) is -0.107. The topological polar surface area (TPSA) is 35.5 Å². The summed E-state index contributed by atoms with van der Waals surface area (Å²) in [5, 5.41) is 13.4. The molecule has 1 heterocycles. The Hall–Kier alpha value is -0.390. The second-order valence-electron chi connectivity index (χ2n) is 5.48. The molecule has 0 aromatic heterocycles. The van der Waals surface area contributed by atoms with E-state index in [1.165, 1.54) is 0 Å². The van der Waals surface area contributed by atoms with Crippen LogP contribution in [-0.2, 0) is 5.21 Å². The van der Waals surface area contributed by atoms with Crippen molar-refractivity contribution in [2.24, 2.45) is 4.99 Å². The molecule has 0 saturated carbocycles. The number of aliphatic imine (C=N–C) groups is 1. The molecule has 0 fully saturated rings. The molecule has 5 heteroatoms. The van der Waals surface area contributed by atoms with Crippen LogP contribution in [0.5, 0.6) is 0 Å². The van der Waals surface area contributed by atoms with Crippen molar-refractivity contribution >= 4 is 37.7 Å². The highest BCUT2D eigenvalue weighted by Crippen LogP contribution is 2.38. The van der Waals surface area contributed by atoms with Crippen LogP contribution in [0.1, 0.15) is 33.3 Å². The molecule has 0 amide bonds. The van der Waals surface area contributed by atoms with Gasteiger partial charge in [-0.3, -0.25) is 4.99 Å². The molecule has 0 bridgehead atoms. The molecule has 1 aromatic rings. The minimum absolute atomic E-state index is 0.399. The Bertz CT molecular complexity index is 524. The highest BCUT2D eigenvalue weighted by Gasteiger charge is 2.50. The Morgan fingerprint density at radius 3 is 2.17 bits per heavy atom. The Morgan fingerprint density at radius 2 is 1.72 bits per heavy atom. The number of halogens is 2. The zero-order valence-electron chi connectivity index (χ0n) is 10.8. The highest BCUT2D eigenvalue weighted by atomic mass is 79.9. The second-order valence-corrected chi connectivity index (χ2v) is 7.19. The van der Waals surface area contributed by atoms with Crippen LogP contribution in [0, 0.1) is 0 Å². The summed E-state index contributed by atoms with van der Waals surface area (Å²) in [7, 11) is 0. The number of nitrogens with zero attached hydrogens (tertiary/aromatic N) is 2. The molecular formula is C13H15Br2N2O. The van der Waals surface area contributed by atoms with Gasteiger partial charge in [-0.25, -0.2) is 0 Å². The van der Waals surface area contributed by atoms with Crippen LogP contribution < -0.4 is 0 Å². The Morgan fingerprint density at radius 1 is 1.11 bits per heavy atom. The van der Waals surface area contributed by atoms with Gasteiger partial charge < -0.3 is 0 Å². The van der Waals surface area contributed by atoms with Crippen molar-refractivity contribution in [3.8, 4) is 0 Å². The summed E-state index contributed by atoms with van der Waals surface area (Å²) in [5.74, 6) is 0.498. The number of rotatable bonds is 1. The Kier molecular flexibility index (Phi) is 3.37. The molecule has 0 atom stereocenters. The van der Waals surface area contributed by atoms with E-state index in [0.29, 0.717) is 5.84 Å². The third-order valence-corrected chi connectivity index (χ3v) is 5.64. The molecule has 0 unspecified atom stereocenters. The number of hydrogen-bond donors (Lipinski definition) is 0. The third-order valence-electron chi connectivity index (χ3n) is 3.76. The van der Waals surface area contributed by atoms with Gasteiger partial charge in [0.1, 0.15) is 0 Å². The maximum atomic E-state index is 12.4. The summed E-state index contributed by atoms with van der Waals surface area (Å²) >= 11 is 6.87. The fraction of sp³-hybridized carbons (Fsp3) is 0.462. The van der Waals surface area contributed by atoms with Crippen LogP contribution in [0.4, 0.5) is 0 Å². The van der Waals surface area contributed by atoms with E-state index >= 15 is 0 Å². The molecule has 2 rings (SSSR count). The van der Waals surface area contributed by atoms with E-state index in [1.54, 1.807) is 0 Å². The molecule has 0 aliphatic carbocycles. The SMILES string of the molecule is CC1(C)N=C(c2ccc(Br)c(Br)c2)N([O])C1(C)C. The molecule has 0 N–H and O–H groups in total. The van der Waals surface area contributed by atoms with Gasteiger partial charge >= 0.3 is 0 Å². The first kappa shape index (κ1) is 14.0. The van der Waals surface area contributed by atoms with Gasteiger partial charge in [0, 0.05) is 14.5 Å². The van der Waals surface area contributed by atoms with Crippen LogP contribution in [0.15, 0.2) is 32.1 Å². The average molecular weight is 375 g/mol. The Balaban J connectivity index is 2.49. The van der Waals surface area contributed by atoms with Crippen LogP contribution in [0.2, 0.25) is 0 Å². The van der Waals surface area contributed by atoms with E-state index in [9.17, 15) is 5.21 Å². The van der Waals surface area contributed by atoms with Crippen molar-refractivity contribution < 1.29 is 5.21 Å². The molecule has 0 saturated heterocycles. The molecule has 1 aliphatic rings. The van der Waals surface area contributed by atoms with E-state index in [0.717, 1.165) is 19.6 Å². The van der Waals surface area contributed by atoms with Gasteiger partial charge in [0.05, 0.1) is 11.1 Å². The van der Waals surface area contributed by atoms with Gasteiger partial charge in [0.25, 0.3) is 0 Å². The summed E-state index contributed by atoms with van der Waals surface area (Å²) in [4.78, 5) is 4.59. The normalized spacial score (nSPS) is 21.1. The zero-order chi connectivity index (χ0) is 13.7. The number of amidine groups is 1. The predicted octanol–water partition coefficient (Wildman–Crippen LogP) is 4.18. The fourth-order valence-electron chi connectivity index (χ4n) is 1.78. The van der Waals surface area contributed by atoms with E-state index in [1.807, 2.05) is 45.9 Å². The summed E-state index contributed by atoms with van der Waals surface area (Å²) < 4.78 is 1.87. The molecular weight excluding hydrogens is 360 g/mol. The smallest absolute Gasteiger partial charge is 0.159 e. The van der Waals surface area contributed by atoms with E-state index in [-0.39, 0.29) is 0 Å². The quantitative estimate of drug-likeness (QED) is 0.726. The van der Waals surface area contributed by atoms with Gasteiger partial charge in [-0.2, -0.15) is 5.06 Å². The molecule has 1 aromatic carbocycles. The molecule has 18 heavy (non-hydrogen) atoms. The van der Waals surface area contributed by atoms with Gasteiger partial charge in [-0.1, -0.05) is 11.3 Å². The maximum absolute atomic E-state index is 12.4. The maximum Gasteiger partial charge on any atom is 0.159 e. The first-order chi connectivity index (χ1) is 8.17. The van der Waals surface area contributed by atoms with Crippen molar-refractivity contribution in [1.29, 1.82) is 0 Å². The summed E-state index contributed by atoms with van der Waals surface area (Å²) in [6.07, 6.45) is 0. The summed E-state index contributed by atoms with van der Waals surface area (Å²) in [6, 6.07) is 5.72. The summed E-state index contributed by atoms with van der Waals surface area (Å²) in [6.45, 7) is 7.81. The lowest BCUT2D eigenvalue weighted by atomic mass is 9.84. The minimum atomic E-state index is -0.540. The van der Waals surface area contributed by atoms with Crippen molar-refractivity contribution in [2.75, 3.05) is 0 Å². The third kappa shape index (κ3) is 2.02. The largest absolute Gasteiger partial charge is 0.257 e. The van der Waals surface area contributed by atoms with Gasteiger partial charge in [0.15, 0.2) is 5.84 Å². The zero-order valence-corrected chi connectivity index (χ0v) is 14.0. The number of hydrogen-bond acceptors (Lipinski definition) is 2. The monoisotopic (exact) mass is 373 g/mol. The lowest BCUT2D eigenvalue weighted by Crippen LogP contribution is -2.50. The van der Waals surface area contributed by atoms with E-state index < -0.39 is 11.1 Å². The first-order valence-corrected chi connectivity index (χ1v) is 7.28. The van der Waals surface area contributed by atoms with Gasteiger partial charge in [0.2, 0.25) is 0 Å². The molecule has 97 valence electrons. The standard InChI is InChI=1S/C13H15Br2N2O/c1-12(2)13(3,4)17(18)11(16-12)8-5-6-9(14)10(15)7-8/h5-7H,1-4H3. The van der Waals surface area contributed by atoms with Gasteiger partial charge in [-0.05, 0) is 71.7 Å². The van der Waals surface area contributed by atoms with Crippen molar-refractivity contribution in [1.82, 2.24) is 5.06 Å². The molecule has 1 aliphatic heterocycles. The predicted molar refractivity (Wildman–Crippen MR) is 79.1 cm³/mol. The van der Waals surface area contributed by atoms with E-state index in [2.05, 4.69) is 36.9 Å². The van der Waals surface area contributed by atoms with Crippen molar-refractivity contribution in [3.63, 3.8) is 0 Å². The van der Waals surface area contributed by atoms with Crippen LogP contribution >= 0.6 is 31.9 Å². The van der Waals surface area contributed by atoms with E-state index in [4.69, 9.17) is 0 Å². The van der Waals surface area contributed by atoms with Crippen LogP contribution in [0.3, 0.4) is 0 Å². The molecule has 0 spiro atoms. The minimum Gasteiger partial charge on any atom is -0.257 e. The number of benzene rings is 1. The van der Waals surface area contributed by atoms with Crippen LogP contribution in [-0.4, -0.2) is 22.0 Å². The Labute approximate surface area is 124 Å². The second kappa shape index (κ2) is 4.32. The van der Waals surface area contributed by atoms with Crippen LogP contribution in [0.25, 0.3) is 0 Å². The van der Waals surface area contributed by atoms with Gasteiger partial charge in [-0.15, -0.1) is 0 Å². The van der Waals surface area contributed by atoms with Crippen molar-refractivity contribution in [3.05, 3.63) is 32.7 Å².